The average molecular weight is 445 g/mol. The Labute approximate surface area is 196 Å². The van der Waals surface area contributed by atoms with E-state index < -0.39 is 17.5 Å². The summed E-state index contributed by atoms with van der Waals surface area (Å²) in [6.45, 7) is 14.0. The summed E-state index contributed by atoms with van der Waals surface area (Å²) >= 11 is 0. The predicted octanol–water partition coefficient (Wildman–Crippen LogP) is 7.09. The standard InChI is InChI=1S/C29H48O3/c1-18(2)8-7-9-19(3)21-11-12-22-20-10-13-24-28(5,23(20)14-16-27(21,22)4)17-15-25(30)29(24,6)26(31)32/h10,18-19,21-25,30H,7-9,11-17H2,1-6H3,(H,31,32). The molecular weight excluding hydrogens is 396 g/mol. The van der Waals surface area contributed by atoms with Crippen LogP contribution in [0.25, 0.3) is 0 Å². The Bertz CT molecular complexity index is 756. The van der Waals surface area contributed by atoms with Gasteiger partial charge in [0.05, 0.1) is 11.5 Å². The quantitative estimate of drug-likeness (QED) is 0.430. The van der Waals surface area contributed by atoms with Gasteiger partial charge in [0.25, 0.3) is 0 Å². The lowest BCUT2D eigenvalue weighted by atomic mass is 9.43. The number of hydrogen-bond donors (Lipinski definition) is 2. The topological polar surface area (TPSA) is 57.5 Å². The number of allylic oxidation sites excluding steroid dienone is 2. The molecular formula is C29H48O3. The largest absolute Gasteiger partial charge is 0.481 e. The lowest BCUT2D eigenvalue weighted by Gasteiger charge is -2.61. The summed E-state index contributed by atoms with van der Waals surface area (Å²) in [4.78, 5) is 12.3. The molecule has 0 aromatic rings. The van der Waals surface area contributed by atoms with Gasteiger partial charge >= 0.3 is 5.97 Å². The highest BCUT2D eigenvalue weighted by molar-refractivity contribution is 5.76. The normalized spacial score (nSPS) is 46.8. The van der Waals surface area contributed by atoms with Gasteiger partial charge in [0.2, 0.25) is 0 Å². The van der Waals surface area contributed by atoms with Crippen molar-refractivity contribution in [1.29, 1.82) is 0 Å². The van der Waals surface area contributed by atoms with Crippen LogP contribution < -0.4 is 0 Å². The number of aliphatic hydroxyl groups excluding tert-OH is 1. The Balaban J connectivity index is 1.58. The first-order chi connectivity index (χ1) is 15.0. The molecule has 0 bridgehead atoms. The van der Waals surface area contributed by atoms with Crippen molar-refractivity contribution in [3.63, 3.8) is 0 Å². The van der Waals surface area contributed by atoms with E-state index in [9.17, 15) is 15.0 Å². The number of aliphatic carboxylic acids is 1. The minimum absolute atomic E-state index is 0.00124. The SMILES string of the molecule is CC(C)CCCC(C)C1CCC2C3=CCC4C(C)(CCC(O)C4(C)C(=O)O)C3CCC21C. The fourth-order valence-electron chi connectivity index (χ4n) is 9.33. The van der Waals surface area contributed by atoms with Gasteiger partial charge < -0.3 is 10.2 Å². The molecule has 0 heterocycles. The van der Waals surface area contributed by atoms with Crippen molar-refractivity contribution in [2.75, 3.05) is 0 Å². The van der Waals surface area contributed by atoms with Gasteiger partial charge in [-0.15, -0.1) is 0 Å². The number of rotatable bonds is 6. The van der Waals surface area contributed by atoms with Gasteiger partial charge in [0.15, 0.2) is 0 Å². The number of carboxylic acid groups (broad SMARTS) is 1. The maximum Gasteiger partial charge on any atom is 0.312 e. The van der Waals surface area contributed by atoms with Crippen molar-refractivity contribution in [2.24, 2.45) is 51.8 Å². The van der Waals surface area contributed by atoms with Crippen LogP contribution in [0.15, 0.2) is 11.6 Å². The van der Waals surface area contributed by atoms with E-state index in [-0.39, 0.29) is 11.3 Å². The minimum atomic E-state index is -1.03. The minimum Gasteiger partial charge on any atom is -0.481 e. The molecule has 3 nitrogen and oxygen atoms in total. The molecule has 2 N–H and O–H groups in total. The van der Waals surface area contributed by atoms with E-state index >= 15 is 0 Å². The number of fused-ring (bicyclic) bond motifs is 5. The van der Waals surface area contributed by atoms with Crippen LogP contribution in [0.4, 0.5) is 0 Å². The van der Waals surface area contributed by atoms with Crippen molar-refractivity contribution in [3.8, 4) is 0 Å². The highest BCUT2D eigenvalue weighted by Gasteiger charge is 2.64. The second-order valence-corrected chi connectivity index (χ2v) is 13.3. The lowest BCUT2D eigenvalue weighted by molar-refractivity contribution is -0.182. The average Bonchev–Trinajstić information content (AvgIpc) is 3.08. The molecule has 0 aliphatic heterocycles. The Morgan fingerprint density at radius 2 is 1.66 bits per heavy atom. The van der Waals surface area contributed by atoms with Crippen molar-refractivity contribution < 1.29 is 15.0 Å². The fourth-order valence-corrected chi connectivity index (χ4v) is 9.33. The van der Waals surface area contributed by atoms with Crippen molar-refractivity contribution >= 4 is 5.97 Å². The van der Waals surface area contributed by atoms with Gasteiger partial charge in [0.1, 0.15) is 0 Å². The summed E-state index contributed by atoms with van der Waals surface area (Å²) < 4.78 is 0. The zero-order chi connectivity index (χ0) is 23.5. The highest BCUT2D eigenvalue weighted by Crippen LogP contribution is 2.68. The monoisotopic (exact) mass is 444 g/mol. The molecule has 182 valence electrons. The Kier molecular flexibility index (Phi) is 6.40. The van der Waals surface area contributed by atoms with Crippen LogP contribution >= 0.6 is 0 Å². The van der Waals surface area contributed by atoms with Crippen molar-refractivity contribution in [2.45, 2.75) is 112 Å². The summed E-state index contributed by atoms with van der Waals surface area (Å²) in [5.41, 5.74) is 1.06. The van der Waals surface area contributed by atoms with Crippen LogP contribution in [0.5, 0.6) is 0 Å². The molecule has 4 aliphatic carbocycles. The molecule has 0 saturated heterocycles. The van der Waals surface area contributed by atoms with E-state index in [0.717, 1.165) is 30.6 Å². The zero-order valence-corrected chi connectivity index (χ0v) is 21.5. The molecule has 3 fully saturated rings. The van der Waals surface area contributed by atoms with Gasteiger partial charge in [-0.25, -0.2) is 0 Å². The molecule has 3 heteroatoms. The molecule has 3 saturated carbocycles. The van der Waals surface area contributed by atoms with E-state index in [1.807, 2.05) is 6.92 Å². The highest BCUT2D eigenvalue weighted by atomic mass is 16.4. The van der Waals surface area contributed by atoms with E-state index in [2.05, 4.69) is 40.7 Å². The second kappa shape index (κ2) is 8.43. The third-order valence-corrected chi connectivity index (χ3v) is 11.3. The van der Waals surface area contributed by atoms with Gasteiger partial charge in [-0.3, -0.25) is 4.79 Å². The first-order valence-electron chi connectivity index (χ1n) is 13.6. The molecule has 4 rings (SSSR count). The van der Waals surface area contributed by atoms with E-state index in [1.165, 1.54) is 44.9 Å². The molecule has 0 aromatic heterocycles. The number of aliphatic hydroxyl groups is 1. The first-order valence-corrected chi connectivity index (χ1v) is 13.6. The maximum atomic E-state index is 12.3. The Morgan fingerprint density at radius 3 is 2.31 bits per heavy atom. The molecule has 4 aliphatic rings. The van der Waals surface area contributed by atoms with Gasteiger partial charge in [-0.2, -0.15) is 0 Å². The van der Waals surface area contributed by atoms with Crippen LogP contribution in [0, 0.1) is 51.8 Å². The van der Waals surface area contributed by atoms with Crippen molar-refractivity contribution in [1.82, 2.24) is 0 Å². The van der Waals surface area contributed by atoms with E-state index in [4.69, 9.17) is 0 Å². The second-order valence-electron chi connectivity index (χ2n) is 13.3. The molecule has 9 atom stereocenters. The van der Waals surface area contributed by atoms with Crippen LogP contribution in [-0.4, -0.2) is 22.3 Å². The van der Waals surface area contributed by atoms with Crippen LogP contribution in [-0.2, 0) is 4.79 Å². The Morgan fingerprint density at radius 1 is 1.00 bits per heavy atom. The summed E-state index contributed by atoms with van der Waals surface area (Å²) in [6, 6.07) is 0. The zero-order valence-electron chi connectivity index (χ0n) is 21.5. The van der Waals surface area contributed by atoms with Crippen LogP contribution in [0.2, 0.25) is 0 Å². The molecule has 0 radical (unpaired) electrons. The number of hydrogen-bond acceptors (Lipinski definition) is 2. The van der Waals surface area contributed by atoms with Crippen molar-refractivity contribution in [3.05, 3.63) is 11.6 Å². The smallest absolute Gasteiger partial charge is 0.312 e. The Hall–Kier alpha value is -0.830. The third-order valence-electron chi connectivity index (χ3n) is 11.3. The fraction of sp³-hybridized carbons (Fsp3) is 0.897. The lowest BCUT2D eigenvalue weighted by Crippen LogP contribution is -2.60. The first kappa shape index (κ1) is 24.3. The van der Waals surface area contributed by atoms with Crippen LogP contribution in [0.1, 0.15) is 106 Å². The summed E-state index contributed by atoms with van der Waals surface area (Å²) in [7, 11) is 0. The summed E-state index contributed by atoms with van der Waals surface area (Å²) in [6.07, 6.45) is 13.4. The van der Waals surface area contributed by atoms with E-state index in [1.54, 1.807) is 5.57 Å². The molecule has 0 aromatic carbocycles. The van der Waals surface area contributed by atoms with Gasteiger partial charge in [-0.1, -0.05) is 65.5 Å². The molecule has 0 amide bonds. The predicted molar refractivity (Wildman–Crippen MR) is 130 cm³/mol. The summed E-state index contributed by atoms with van der Waals surface area (Å²) in [5.74, 6) is 2.82. The van der Waals surface area contributed by atoms with Gasteiger partial charge in [0, 0.05) is 0 Å². The molecule has 32 heavy (non-hydrogen) atoms. The summed E-state index contributed by atoms with van der Waals surface area (Å²) in [5, 5.41) is 20.9. The maximum absolute atomic E-state index is 12.3. The third kappa shape index (κ3) is 3.51. The molecule has 0 spiro atoms. The number of carbonyl (C=O) groups is 1. The van der Waals surface area contributed by atoms with Crippen LogP contribution in [0.3, 0.4) is 0 Å². The number of carboxylic acids is 1. The van der Waals surface area contributed by atoms with Gasteiger partial charge in [-0.05, 0) is 98.2 Å². The van der Waals surface area contributed by atoms with E-state index in [0.29, 0.717) is 23.7 Å². The molecule has 9 unspecified atom stereocenters.